The van der Waals surface area contributed by atoms with Crippen LogP contribution in [0.4, 0.5) is 13.2 Å². The molecular weight excluding hydrogens is 343 g/mol. The lowest BCUT2D eigenvalue weighted by atomic mass is 9.86. The molecule has 0 aliphatic rings. The third-order valence-electron chi connectivity index (χ3n) is 4.06. The summed E-state index contributed by atoms with van der Waals surface area (Å²) in [6.45, 7) is 1.64. The van der Waals surface area contributed by atoms with Crippen molar-refractivity contribution in [3.63, 3.8) is 0 Å². The molecule has 0 bridgehead atoms. The largest absolute Gasteiger partial charge is 0.461 e. The van der Waals surface area contributed by atoms with Crippen molar-refractivity contribution in [3.8, 4) is 0 Å². The second-order valence-corrected chi connectivity index (χ2v) is 5.71. The lowest BCUT2D eigenvalue weighted by Gasteiger charge is -2.24. The van der Waals surface area contributed by atoms with Crippen molar-refractivity contribution in [2.75, 3.05) is 6.61 Å². The van der Waals surface area contributed by atoms with Gasteiger partial charge >= 0.3 is 12.1 Å². The van der Waals surface area contributed by atoms with E-state index in [1.165, 1.54) is 30.5 Å². The second kappa shape index (κ2) is 7.15. The van der Waals surface area contributed by atoms with Crippen LogP contribution >= 0.6 is 0 Å². The number of aromatic nitrogens is 1. The monoisotopic (exact) mass is 359 g/mol. The summed E-state index contributed by atoms with van der Waals surface area (Å²) in [5.41, 5.74) is -0.444. The Labute approximate surface area is 148 Å². The minimum atomic E-state index is -4.60. The van der Waals surface area contributed by atoms with Gasteiger partial charge in [0.1, 0.15) is 5.92 Å². The Bertz CT molecular complexity index is 923. The van der Waals surface area contributed by atoms with Gasteiger partial charge in [0.15, 0.2) is 5.69 Å². The highest BCUT2D eigenvalue weighted by molar-refractivity contribution is 5.97. The Morgan fingerprint density at radius 1 is 1.08 bits per heavy atom. The number of hydrogen-bond acceptors (Lipinski definition) is 3. The first-order valence-corrected chi connectivity index (χ1v) is 8.10. The van der Waals surface area contributed by atoms with Crippen molar-refractivity contribution in [1.82, 2.24) is 4.98 Å². The molecule has 3 nitrogen and oxygen atoms in total. The molecule has 0 fully saturated rings. The first kappa shape index (κ1) is 17.9. The van der Waals surface area contributed by atoms with Crippen molar-refractivity contribution in [2.45, 2.75) is 19.0 Å². The van der Waals surface area contributed by atoms with E-state index in [2.05, 4.69) is 4.98 Å². The van der Waals surface area contributed by atoms with Crippen LogP contribution in [0.25, 0.3) is 10.8 Å². The lowest BCUT2D eigenvalue weighted by molar-refractivity contribution is -0.141. The van der Waals surface area contributed by atoms with Crippen molar-refractivity contribution in [2.24, 2.45) is 0 Å². The molecule has 3 aromatic rings. The van der Waals surface area contributed by atoms with Crippen LogP contribution in [0.3, 0.4) is 0 Å². The summed E-state index contributed by atoms with van der Waals surface area (Å²) in [6.07, 6.45) is -3.21. The lowest BCUT2D eigenvalue weighted by Crippen LogP contribution is -2.25. The van der Waals surface area contributed by atoms with E-state index in [-0.39, 0.29) is 23.4 Å². The van der Waals surface area contributed by atoms with Gasteiger partial charge < -0.3 is 4.74 Å². The minimum Gasteiger partial charge on any atom is -0.461 e. The zero-order valence-electron chi connectivity index (χ0n) is 14.0. The summed E-state index contributed by atoms with van der Waals surface area (Å²) in [6, 6.07) is 14.1. The van der Waals surface area contributed by atoms with E-state index in [0.717, 1.165) is 0 Å². The first-order chi connectivity index (χ1) is 12.4. The second-order valence-electron chi connectivity index (χ2n) is 5.71. The van der Waals surface area contributed by atoms with Gasteiger partial charge in [0.05, 0.1) is 6.61 Å². The predicted octanol–water partition coefficient (Wildman–Crippen LogP) is 5.11. The van der Waals surface area contributed by atoms with Crippen LogP contribution < -0.4 is 0 Å². The summed E-state index contributed by atoms with van der Waals surface area (Å²) < 4.78 is 47.2. The predicted molar refractivity (Wildman–Crippen MR) is 92.0 cm³/mol. The number of rotatable bonds is 4. The van der Waals surface area contributed by atoms with E-state index < -0.39 is 18.1 Å². The number of carbonyl (C=O) groups excluding carboxylic acids is 1. The highest BCUT2D eigenvalue weighted by Crippen LogP contribution is 2.43. The van der Waals surface area contributed by atoms with Gasteiger partial charge in [0.25, 0.3) is 0 Å². The molecule has 1 aromatic heterocycles. The summed E-state index contributed by atoms with van der Waals surface area (Å²) >= 11 is 0. The molecule has 2 aromatic carbocycles. The Morgan fingerprint density at radius 3 is 2.38 bits per heavy atom. The third kappa shape index (κ3) is 3.40. The van der Waals surface area contributed by atoms with Crippen molar-refractivity contribution in [1.29, 1.82) is 0 Å². The number of esters is 1. The smallest absolute Gasteiger partial charge is 0.399 e. The molecule has 1 unspecified atom stereocenters. The van der Waals surface area contributed by atoms with Crippen LogP contribution in [0.2, 0.25) is 0 Å². The zero-order valence-corrected chi connectivity index (χ0v) is 14.0. The fraction of sp³-hybridized carbons (Fsp3) is 0.200. The number of carbonyl (C=O) groups is 1. The summed E-state index contributed by atoms with van der Waals surface area (Å²) in [5.74, 6) is -2.85. The highest BCUT2D eigenvalue weighted by atomic mass is 19.4. The molecule has 1 heterocycles. The van der Waals surface area contributed by atoms with Crippen LogP contribution in [-0.2, 0) is 4.74 Å². The maximum Gasteiger partial charge on any atom is 0.399 e. The number of fused-ring (bicyclic) bond motifs is 1. The van der Waals surface area contributed by atoms with Crippen molar-refractivity contribution < 1.29 is 22.7 Å². The van der Waals surface area contributed by atoms with Gasteiger partial charge in [-0.05, 0) is 17.9 Å². The van der Waals surface area contributed by atoms with Crippen LogP contribution in [0, 0.1) is 0 Å². The molecule has 0 aliphatic carbocycles. The van der Waals surface area contributed by atoms with Crippen LogP contribution in [0.1, 0.15) is 34.5 Å². The Balaban J connectivity index is 2.35. The topological polar surface area (TPSA) is 39.2 Å². The zero-order chi connectivity index (χ0) is 18.7. The maximum atomic E-state index is 14.1. The molecule has 26 heavy (non-hydrogen) atoms. The van der Waals surface area contributed by atoms with Crippen LogP contribution in [0.5, 0.6) is 0 Å². The molecule has 0 spiro atoms. The van der Waals surface area contributed by atoms with Crippen molar-refractivity contribution in [3.05, 3.63) is 77.6 Å². The molecule has 0 aliphatic heterocycles. The fourth-order valence-corrected chi connectivity index (χ4v) is 3.01. The molecule has 1 atom stereocenters. The molecule has 0 saturated heterocycles. The number of halogens is 3. The highest BCUT2D eigenvalue weighted by Gasteiger charge is 2.45. The first-order valence-electron chi connectivity index (χ1n) is 8.10. The molecule has 0 radical (unpaired) electrons. The number of ether oxygens (including phenoxy) is 1. The average Bonchev–Trinajstić information content (AvgIpc) is 2.62. The van der Waals surface area contributed by atoms with Gasteiger partial charge in [-0.25, -0.2) is 9.78 Å². The Kier molecular flexibility index (Phi) is 4.93. The third-order valence-corrected chi connectivity index (χ3v) is 4.06. The quantitative estimate of drug-likeness (QED) is 0.608. The number of pyridine rings is 1. The van der Waals surface area contributed by atoms with Gasteiger partial charge in [-0.2, -0.15) is 13.2 Å². The number of alkyl halides is 3. The summed E-state index contributed by atoms with van der Waals surface area (Å²) in [4.78, 5) is 16.3. The minimum absolute atomic E-state index is 0.0451. The van der Waals surface area contributed by atoms with Crippen LogP contribution in [0.15, 0.2) is 60.8 Å². The van der Waals surface area contributed by atoms with E-state index in [4.69, 9.17) is 4.74 Å². The van der Waals surface area contributed by atoms with E-state index >= 15 is 0 Å². The Hall–Kier alpha value is -2.89. The summed E-state index contributed by atoms with van der Waals surface area (Å²) in [7, 11) is 0. The molecule has 0 N–H and O–H groups in total. The van der Waals surface area contributed by atoms with E-state index in [9.17, 15) is 18.0 Å². The van der Waals surface area contributed by atoms with Gasteiger partial charge in [-0.15, -0.1) is 0 Å². The average molecular weight is 359 g/mol. The number of benzene rings is 2. The Morgan fingerprint density at radius 2 is 1.73 bits per heavy atom. The molecule has 134 valence electrons. The maximum absolute atomic E-state index is 14.1. The normalized spacial score (nSPS) is 12.8. The SMILES string of the molecule is CCOC(=O)c1ncc2ccccc2c1C(c1ccccc1)C(F)(F)F. The van der Waals surface area contributed by atoms with Gasteiger partial charge in [0.2, 0.25) is 0 Å². The van der Waals surface area contributed by atoms with Gasteiger partial charge in [-0.1, -0.05) is 54.6 Å². The molecule has 0 amide bonds. The van der Waals surface area contributed by atoms with E-state index in [1.807, 2.05) is 0 Å². The molecule has 3 rings (SSSR count). The molecular formula is C20H16F3NO2. The number of hydrogen-bond donors (Lipinski definition) is 0. The standard InChI is InChI=1S/C20H16F3NO2/c1-2-26-19(25)18-16(15-11-7-6-10-14(15)12-24-18)17(20(21,22)23)13-8-4-3-5-9-13/h3-12,17H,2H2,1H3. The molecule has 6 heteroatoms. The molecule has 0 saturated carbocycles. The van der Waals surface area contributed by atoms with Gasteiger partial charge in [0, 0.05) is 17.1 Å². The summed E-state index contributed by atoms with van der Waals surface area (Å²) in [5, 5.41) is 0.859. The van der Waals surface area contributed by atoms with E-state index in [1.54, 1.807) is 37.3 Å². The van der Waals surface area contributed by atoms with Crippen molar-refractivity contribution >= 4 is 16.7 Å². The fourth-order valence-electron chi connectivity index (χ4n) is 3.01. The number of nitrogens with zero attached hydrogens (tertiary/aromatic N) is 1. The van der Waals surface area contributed by atoms with Gasteiger partial charge in [-0.3, -0.25) is 0 Å². The van der Waals surface area contributed by atoms with E-state index in [0.29, 0.717) is 10.8 Å². The van der Waals surface area contributed by atoms with Crippen LogP contribution in [-0.4, -0.2) is 23.7 Å².